The van der Waals surface area contributed by atoms with Gasteiger partial charge in [-0.1, -0.05) is 0 Å². The highest BCUT2D eigenvalue weighted by molar-refractivity contribution is 9.10. The summed E-state index contributed by atoms with van der Waals surface area (Å²) in [6.07, 6.45) is 2.71. The lowest BCUT2D eigenvalue weighted by molar-refractivity contribution is 0.105. The lowest BCUT2D eigenvalue weighted by Gasteiger charge is -2.30. The van der Waals surface area contributed by atoms with Crippen molar-refractivity contribution in [2.75, 3.05) is 11.9 Å². The molecule has 0 aromatic carbocycles. The van der Waals surface area contributed by atoms with E-state index in [1.54, 1.807) is 6.20 Å². The van der Waals surface area contributed by atoms with Crippen molar-refractivity contribution in [3.63, 3.8) is 0 Å². The SMILES string of the molecule is CCn1ncc(NC2(C)CCOC2C)c(Br)c1=O. The second kappa shape index (κ2) is 5.01. The van der Waals surface area contributed by atoms with E-state index in [2.05, 4.69) is 33.3 Å². The molecule has 1 N–H and O–H groups in total. The number of hydrogen-bond acceptors (Lipinski definition) is 4. The van der Waals surface area contributed by atoms with Gasteiger partial charge in [0.2, 0.25) is 0 Å². The average molecular weight is 316 g/mol. The van der Waals surface area contributed by atoms with Crippen LogP contribution < -0.4 is 10.9 Å². The minimum absolute atomic E-state index is 0.109. The summed E-state index contributed by atoms with van der Waals surface area (Å²) in [5, 5.41) is 7.51. The Morgan fingerprint density at radius 2 is 2.44 bits per heavy atom. The molecule has 1 aliphatic rings. The number of aromatic nitrogens is 2. The van der Waals surface area contributed by atoms with Crippen molar-refractivity contribution >= 4 is 21.6 Å². The molecule has 1 aromatic heterocycles. The van der Waals surface area contributed by atoms with E-state index in [1.165, 1.54) is 4.68 Å². The molecule has 0 amide bonds. The zero-order chi connectivity index (χ0) is 13.3. The van der Waals surface area contributed by atoms with Crippen molar-refractivity contribution < 1.29 is 4.74 Å². The second-order valence-corrected chi connectivity index (χ2v) is 5.59. The molecule has 2 heterocycles. The molecule has 0 radical (unpaired) electrons. The summed E-state index contributed by atoms with van der Waals surface area (Å²) in [7, 11) is 0. The van der Waals surface area contributed by atoms with E-state index in [0.29, 0.717) is 11.0 Å². The van der Waals surface area contributed by atoms with Gasteiger partial charge in [0.1, 0.15) is 4.47 Å². The number of aryl methyl sites for hydroxylation is 1. The van der Waals surface area contributed by atoms with Gasteiger partial charge in [-0.15, -0.1) is 0 Å². The minimum atomic E-state index is -0.158. The standard InChI is InChI=1S/C12H18BrN3O2/c1-4-16-11(17)10(13)9(7-14-16)15-12(3)5-6-18-8(12)2/h7-8,15H,4-6H2,1-3H3. The summed E-state index contributed by atoms with van der Waals surface area (Å²) >= 11 is 3.35. The summed E-state index contributed by atoms with van der Waals surface area (Å²) in [4.78, 5) is 12.0. The van der Waals surface area contributed by atoms with Gasteiger partial charge in [-0.25, -0.2) is 4.68 Å². The zero-order valence-corrected chi connectivity index (χ0v) is 12.5. The summed E-state index contributed by atoms with van der Waals surface area (Å²) in [5.74, 6) is 0. The Morgan fingerprint density at radius 1 is 1.72 bits per heavy atom. The summed E-state index contributed by atoms with van der Waals surface area (Å²) in [6, 6.07) is 0. The van der Waals surface area contributed by atoms with Gasteiger partial charge in [0.15, 0.2) is 0 Å². The zero-order valence-electron chi connectivity index (χ0n) is 10.9. The highest BCUT2D eigenvalue weighted by atomic mass is 79.9. The molecule has 0 aliphatic carbocycles. The van der Waals surface area contributed by atoms with E-state index < -0.39 is 0 Å². The maximum atomic E-state index is 12.0. The topological polar surface area (TPSA) is 56.1 Å². The van der Waals surface area contributed by atoms with E-state index in [4.69, 9.17) is 4.74 Å². The fourth-order valence-corrected chi connectivity index (χ4v) is 2.49. The first-order valence-corrected chi connectivity index (χ1v) is 6.92. The number of anilines is 1. The third kappa shape index (κ3) is 2.31. The van der Waals surface area contributed by atoms with Crippen LogP contribution in [0.2, 0.25) is 0 Å². The van der Waals surface area contributed by atoms with Crippen molar-refractivity contribution in [3.05, 3.63) is 21.0 Å². The Kier molecular flexibility index (Phi) is 3.77. The van der Waals surface area contributed by atoms with Crippen LogP contribution in [-0.4, -0.2) is 28.0 Å². The molecular formula is C12H18BrN3O2. The van der Waals surface area contributed by atoms with Gasteiger partial charge in [-0.05, 0) is 43.1 Å². The lowest BCUT2D eigenvalue weighted by Crippen LogP contribution is -2.42. The molecular weight excluding hydrogens is 298 g/mol. The van der Waals surface area contributed by atoms with E-state index in [0.717, 1.165) is 18.7 Å². The van der Waals surface area contributed by atoms with Crippen molar-refractivity contribution in [3.8, 4) is 0 Å². The molecule has 5 nitrogen and oxygen atoms in total. The first kappa shape index (κ1) is 13.5. The highest BCUT2D eigenvalue weighted by Gasteiger charge is 2.37. The molecule has 2 atom stereocenters. The monoisotopic (exact) mass is 315 g/mol. The van der Waals surface area contributed by atoms with E-state index >= 15 is 0 Å². The third-order valence-corrected chi connectivity index (χ3v) is 4.36. The summed E-state index contributed by atoms with van der Waals surface area (Å²) in [5.41, 5.74) is 0.455. The van der Waals surface area contributed by atoms with Crippen LogP contribution in [0.3, 0.4) is 0 Å². The van der Waals surface area contributed by atoms with Gasteiger partial charge in [0.05, 0.1) is 23.5 Å². The van der Waals surface area contributed by atoms with Crippen LogP contribution in [0.5, 0.6) is 0 Å². The Morgan fingerprint density at radius 3 is 3.00 bits per heavy atom. The van der Waals surface area contributed by atoms with Gasteiger partial charge in [-0.3, -0.25) is 4.79 Å². The molecule has 1 fully saturated rings. The van der Waals surface area contributed by atoms with Gasteiger partial charge in [-0.2, -0.15) is 5.10 Å². The summed E-state index contributed by atoms with van der Waals surface area (Å²) < 4.78 is 7.52. The van der Waals surface area contributed by atoms with E-state index in [9.17, 15) is 4.79 Å². The third-order valence-electron chi connectivity index (χ3n) is 3.59. The fraction of sp³-hybridized carbons (Fsp3) is 0.667. The van der Waals surface area contributed by atoms with Gasteiger partial charge in [0.25, 0.3) is 5.56 Å². The van der Waals surface area contributed by atoms with Crippen LogP contribution in [-0.2, 0) is 11.3 Å². The molecule has 0 spiro atoms. The first-order valence-electron chi connectivity index (χ1n) is 6.13. The number of nitrogens with zero attached hydrogens (tertiary/aromatic N) is 2. The smallest absolute Gasteiger partial charge is 0.283 e. The molecule has 0 bridgehead atoms. The van der Waals surface area contributed by atoms with Crippen molar-refractivity contribution in [2.24, 2.45) is 0 Å². The van der Waals surface area contributed by atoms with Gasteiger partial charge < -0.3 is 10.1 Å². The number of rotatable bonds is 3. The van der Waals surface area contributed by atoms with Gasteiger partial charge >= 0.3 is 0 Å². The average Bonchev–Trinajstić information content (AvgIpc) is 2.66. The molecule has 6 heteroatoms. The van der Waals surface area contributed by atoms with E-state index in [-0.39, 0.29) is 17.2 Å². The van der Waals surface area contributed by atoms with Gasteiger partial charge in [0, 0.05) is 13.2 Å². The van der Waals surface area contributed by atoms with Crippen LogP contribution >= 0.6 is 15.9 Å². The minimum Gasteiger partial charge on any atom is -0.376 e. The number of ether oxygens (including phenoxy) is 1. The quantitative estimate of drug-likeness (QED) is 0.927. The molecule has 100 valence electrons. The van der Waals surface area contributed by atoms with Crippen LogP contribution in [0.15, 0.2) is 15.5 Å². The van der Waals surface area contributed by atoms with Crippen molar-refractivity contribution in [1.82, 2.24) is 9.78 Å². The molecule has 1 aliphatic heterocycles. The predicted molar refractivity (Wildman–Crippen MR) is 73.9 cm³/mol. The van der Waals surface area contributed by atoms with Crippen LogP contribution in [0, 0.1) is 0 Å². The Labute approximate surface area is 115 Å². The highest BCUT2D eigenvalue weighted by Crippen LogP contribution is 2.31. The van der Waals surface area contributed by atoms with Crippen LogP contribution in [0.25, 0.3) is 0 Å². The van der Waals surface area contributed by atoms with Crippen LogP contribution in [0.4, 0.5) is 5.69 Å². The molecule has 2 unspecified atom stereocenters. The Hall–Kier alpha value is -0.880. The number of hydrogen-bond donors (Lipinski definition) is 1. The maximum absolute atomic E-state index is 12.0. The molecule has 1 aromatic rings. The number of nitrogens with one attached hydrogen (secondary N) is 1. The largest absolute Gasteiger partial charge is 0.376 e. The molecule has 2 rings (SSSR count). The van der Waals surface area contributed by atoms with Crippen LogP contribution in [0.1, 0.15) is 27.2 Å². The number of halogens is 1. The Bertz CT molecular complexity index is 503. The molecule has 18 heavy (non-hydrogen) atoms. The fourth-order valence-electron chi connectivity index (χ4n) is 2.08. The second-order valence-electron chi connectivity index (χ2n) is 4.80. The maximum Gasteiger partial charge on any atom is 0.283 e. The van der Waals surface area contributed by atoms with Crippen molar-refractivity contribution in [2.45, 2.75) is 45.4 Å². The van der Waals surface area contributed by atoms with E-state index in [1.807, 2.05) is 13.8 Å². The molecule has 0 saturated carbocycles. The predicted octanol–water partition coefficient (Wildman–Crippen LogP) is 2.01. The van der Waals surface area contributed by atoms with Crippen molar-refractivity contribution in [1.29, 1.82) is 0 Å². The Balaban J connectivity index is 2.30. The molecule has 1 saturated heterocycles. The normalized spacial score (nSPS) is 27.4. The lowest BCUT2D eigenvalue weighted by atomic mass is 9.94. The first-order chi connectivity index (χ1) is 8.48. The summed E-state index contributed by atoms with van der Waals surface area (Å²) in [6.45, 7) is 7.33.